The Labute approximate surface area is 299 Å². The first kappa shape index (κ1) is 36.1. The largest absolute Gasteiger partial charge is 0.503 e. The maximum atomic E-state index is 13.5. The average molecular weight is 745 g/mol. The molecule has 2 atom stereocenters. The van der Waals surface area contributed by atoms with Gasteiger partial charge in [0.1, 0.15) is 23.6 Å². The SMILES string of the molecule is CC(C)(O/N=C(\C(=O)C[C@@H]1C(=O)N2C(C(=O)O)=C(C[N+]34CCC(CNC(=O)c5cc(=O)c(O)c[nH]5)(CC3)CC4)CS[C@H]12)c1csc(N)n1)C(=O)O. The number of thiazole rings is 1. The maximum absolute atomic E-state index is 13.5. The number of oxime groups is 1. The number of anilines is 1. The van der Waals surface area contributed by atoms with E-state index in [0.717, 1.165) is 62.5 Å². The van der Waals surface area contributed by atoms with Gasteiger partial charge in [0, 0.05) is 66.6 Å². The van der Waals surface area contributed by atoms with Crippen LogP contribution < -0.4 is 16.5 Å². The second kappa shape index (κ2) is 13.4. The van der Waals surface area contributed by atoms with Crippen molar-refractivity contribution in [2.75, 3.05) is 44.2 Å². The lowest BCUT2D eigenvalue weighted by molar-refractivity contribution is -0.941. The molecule has 2 aromatic heterocycles. The third kappa shape index (κ3) is 6.96. The Balaban J connectivity index is 1.11. The van der Waals surface area contributed by atoms with E-state index in [-0.39, 0.29) is 39.8 Å². The summed E-state index contributed by atoms with van der Waals surface area (Å²) in [4.78, 5) is 88.8. The molecule has 0 unspecified atom stereocenters. The highest BCUT2D eigenvalue weighted by atomic mass is 32.2. The van der Waals surface area contributed by atoms with Gasteiger partial charge in [-0.1, -0.05) is 5.16 Å². The number of quaternary nitrogens is 1. The zero-order valence-corrected chi connectivity index (χ0v) is 29.5. The fraction of sp³-hybridized carbons (Fsp3) is 0.500. The second-order valence-electron chi connectivity index (χ2n) is 14.0. The monoisotopic (exact) mass is 744 g/mol. The molecule has 0 saturated carbocycles. The number of hydrogen-bond acceptors (Lipinski definition) is 13. The minimum Gasteiger partial charge on any atom is -0.503 e. The van der Waals surface area contributed by atoms with Crippen LogP contribution in [0.5, 0.6) is 5.75 Å². The minimum atomic E-state index is -1.75. The van der Waals surface area contributed by atoms with Crippen molar-refractivity contribution in [3.8, 4) is 5.75 Å². The standard InChI is InChI=1S/C32H37N7O10S2/c1-31(2,29(47)48)49-37-23(19-14-51-30(33)36-19)21(41)9-17-26(44)38-24(28(45)46)16(13-50-27(17)38)12-39-6-3-32(4-7-39,5-8-39)15-35-25(43)18-10-20(40)22(42)11-34-18/h10-11,14,17,27H,3-9,12-13,15H2,1-2H3,(H6-,33,34,35,36,37,40,41,42,43,45,46,47,48)/p+1/t17-,27-,32?,39?/m1/s1. The van der Waals surface area contributed by atoms with Gasteiger partial charge in [0.2, 0.25) is 16.9 Å². The summed E-state index contributed by atoms with van der Waals surface area (Å²) in [5.74, 6) is -5.01. The lowest BCUT2D eigenvalue weighted by atomic mass is 9.70. The van der Waals surface area contributed by atoms with E-state index in [1.165, 1.54) is 35.9 Å². The molecular formula is C32H38N7O10S2+. The summed E-state index contributed by atoms with van der Waals surface area (Å²) < 4.78 is 0.672. The number of carbonyl (C=O) groups is 5. The van der Waals surface area contributed by atoms with Gasteiger partial charge in [-0.3, -0.25) is 24.1 Å². The number of carbonyl (C=O) groups excluding carboxylic acids is 3. The Kier molecular flexibility index (Phi) is 9.49. The number of nitrogens with zero attached hydrogens (tertiary/aromatic N) is 4. The van der Waals surface area contributed by atoms with Crippen LogP contribution in [-0.2, 0) is 24.0 Å². The number of nitrogen functional groups attached to an aromatic ring is 1. The molecule has 0 radical (unpaired) electrons. The molecule has 0 aliphatic carbocycles. The zero-order valence-electron chi connectivity index (χ0n) is 27.8. The molecule has 7 rings (SSSR count). The molecule has 7 heterocycles. The number of nitrogens with two attached hydrogens (primary N) is 1. The summed E-state index contributed by atoms with van der Waals surface area (Å²) in [7, 11) is 0. The minimum absolute atomic E-state index is 0.0507. The molecule has 51 heavy (non-hydrogen) atoms. The van der Waals surface area contributed by atoms with Crippen LogP contribution in [0.4, 0.5) is 5.13 Å². The smallest absolute Gasteiger partial charge is 0.352 e. The van der Waals surface area contributed by atoms with Crippen LogP contribution in [0.3, 0.4) is 0 Å². The van der Waals surface area contributed by atoms with E-state index in [2.05, 4.69) is 20.4 Å². The van der Waals surface area contributed by atoms with Gasteiger partial charge >= 0.3 is 11.9 Å². The van der Waals surface area contributed by atoms with Gasteiger partial charge in [-0.15, -0.1) is 23.1 Å². The molecule has 5 aliphatic heterocycles. The lowest BCUT2D eigenvalue weighted by Gasteiger charge is -2.56. The number of amides is 2. The van der Waals surface area contributed by atoms with Crippen molar-refractivity contribution in [1.29, 1.82) is 0 Å². The second-order valence-corrected chi connectivity index (χ2v) is 16.0. The quantitative estimate of drug-likeness (QED) is 0.0724. The van der Waals surface area contributed by atoms with Crippen molar-refractivity contribution in [3.05, 3.63) is 50.5 Å². The van der Waals surface area contributed by atoms with Gasteiger partial charge in [-0.05, 0) is 13.8 Å². The molecule has 5 aliphatic rings. The van der Waals surface area contributed by atoms with Crippen LogP contribution in [0.15, 0.2) is 38.9 Å². The summed E-state index contributed by atoms with van der Waals surface area (Å²) in [5.41, 5.74) is 3.68. The zero-order chi connectivity index (χ0) is 36.9. The highest BCUT2D eigenvalue weighted by Gasteiger charge is 2.56. The van der Waals surface area contributed by atoms with Gasteiger partial charge in [0.25, 0.3) is 5.91 Å². The predicted molar refractivity (Wildman–Crippen MR) is 184 cm³/mol. The van der Waals surface area contributed by atoms with Crippen molar-refractivity contribution in [1.82, 2.24) is 20.2 Å². The number of rotatable bonds is 13. The van der Waals surface area contributed by atoms with Crippen LogP contribution >= 0.6 is 23.1 Å². The molecule has 2 amide bonds. The summed E-state index contributed by atoms with van der Waals surface area (Å²) in [6, 6.07) is 1.06. The van der Waals surface area contributed by atoms with Crippen LogP contribution in [0.1, 0.15) is 55.7 Å². The fourth-order valence-corrected chi connectivity index (χ4v) is 9.02. The first-order valence-electron chi connectivity index (χ1n) is 16.2. The number of aromatic hydroxyl groups is 1. The van der Waals surface area contributed by atoms with Crippen LogP contribution in [-0.4, -0.2) is 119 Å². The van der Waals surface area contributed by atoms with Crippen molar-refractivity contribution in [2.45, 2.75) is 50.5 Å². The number of carboxylic acid groups (broad SMARTS) is 2. The summed E-state index contributed by atoms with van der Waals surface area (Å²) in [5, 5.41) is 37.0. The number of H-pyrrole nitrogens is 1. The van der Waals surface area contributed by atoms with Gasteiger partial charge in [-0.2, -0.15) is 0 Å². The number of thioether (sulfide) groups is 1. The molecule has 272 valence electrons. The van der Waals surface area contributed by atoms with E-state index >= 15 is 0 Å². The number of Topliss-reactive ketones (excluding diaryl/α,β-unsaturated/α-hetero) is 1. The lowest BCUT2D eigenvalue weighted by Crippen LogP contribution is -2.66. The van der Waals surface area contributed by atoms with E-state index in [1.807, 2.05) is 0 Å². The van der Waals surface area contributed by atoms with E-state index in [9.17, 15) is 44.1 Å². The van der Waals surface area contributed by atoms with Gasteiger partial charge < -0.3 is 40.7 Å². The Morgan fingerprint density at radius 3 is 2.47 bits per heavy atom. The average Bonchev–Trinajstić information content (AvgIpc) is 3.53. The molecule has 0 aromatic carbocycles. The topological polar surface area (TPSA) is 255 Å². The molecule has 2 aromatic rings. The Bertz CT molecular complexity index is 1910. The number of ketones is 1. The number of aromatic nitrogens is 2. The van der Waals surface area contributed by atoms with E-state index in [0.29, 0.717) is 28.9 Å². The molecular weight excluding hydrogens is 707 g/mol. The number of pyridine rings is 1. The number of aromatic amines is 1. The Hall–Kier alpha value is -4.75. The number of nitrogens with one attached hydrogen (secondary N) is 2. The van der Waals surface area contributed by atoms with Crippen molar-refractivity contribution in [3.63, 3.8) is 0 Å². The van der Waals surface area contributed by atoms with Crippen molar-refractivity contribution >= 4 is 63.5 Å². The van der Waals surface area contributed by atoms with Gasteiger partial charge in [0.05, 0.1) is 30.9 Å². The summed E-state index contributed by atoms with van der Waals surface area (Å²) >= 11 is 2.45. The molecule has 0 spiro atoms. The van der Waals surface area contributed by atoms with Crippen LogP contribution in [0.2, 0.25) is 0 Å². The fourth-order valence-electron chi connectivity index (χ4n) is 7.07. The van der Waals surface area contributed by atoms with E-state index in [1.54, 1.807) is 0 Å². The number of aliphatic carboxylic acids is 2. The molecule has 7 N–H and O–H groups in total. The van der Waals surface area contributed by atoms with E-state index < -0.39 is 57.6 Å². The number of β-lactam (4-membered cyclic amide) rings is 1. The molecule has 19 heteroatoms. The normalized spacial score (nSPS) is 26.0. The number of piperidine rings is 3. The number of hydrogen-bond donors (Lipinski definition) is 6. The van der Waals surface area contributed by atoms with E-state index in [4.69, 9.17) is 10.6 Å². The predicted octanol–water partition coefficient (Wildman–Crippen LogP) is 0.963. The van der Waals surface area contributed by atoms with Crippen molar-refractivity contribution < 1.29 is 48.6 Å². The van der Waals surface area contributed by atoms with Gasteiger partial charge in [-0.25, -0.2) is 14.6 Å². The maximum Gasteiger partial charge on any atom is 0.352 e. The Morgan fingerprint density at radius 2 is 1.88 bits per heavy atom. The molecule has 17 nitrogen and oxygen atoms in total. The van der Waals surface area contributed by atoms with Crippen molar-refractivity contribution in [2.24, 2.45) is 16.5 Å². The molecule has 4 fully saturated rings. The molecule has 2 bridgehead atoms. The number of carboxylic acids is 2. The third-order valence-electron chi connectivity index (χ3n) is 10.3. The Morgan fingerprint density at radius 1 is 1.20 bits per heavy atom. The highest BCUT2D eigenvalue weighted by Crippen LogP contribution is 2.48. The number of fused-ring (bicyclic) bond motifs is 4. The van der Waals surface area contributed by atoms with Crippen LogP contribution in [0.25, 0.3) is 0 Å². The third-order valence-corrected chi connectivity index (χ3v) is 12.4. The first-order valence-corrected chi connectivity index (χ1v) is 18.2. The first-order chi connectivity index (χ1) is 24.0. The van der Waals surface area contributed by atoms with Gasteiger partial charge in [0.15, 0.2) is 22.4 Å². The van der Waals surface area contributed by atoms with Crippen LogP contribution in [0, 0.1) is 11.3 Å². The molecule has 4 saturated heterocycles. The highest BCUT2D eigenvalue weighted by molar-refractivity contribution is 8.00. The summed E-state index contributed by atoms with van der Waals surface area (Å²) in [6.07, 6.45) is 3.18. The summed E-state index contributed by atoms with van der Waals surface area (Å²) in [6.45, 7) is 5.72.